The van der Waals surface area contributed by atoms with Crippen molar-refractivity contribution in [1.82, 2.24) is 15.1 Å². The Balaban J connectivity index is 2.09. The summed E-state index contributed by atoms with van der Waals surface area (Å²) in [5.74, 6) is 0. The van der Waals surface area contributed by atoms with Crippen molar-refractivity contribution in [2.45, 2.75) is 45.2 Å². The van der Waals surface area contributed by atoms with Crippen LogP contribution in [0.5, 0.6) is 0 Å². The number of aromatic nitrogens is 2. The third-order valence-corrected chi connectivity index (χ3v) is 3.62. The summed E-state index contributed by atoms with van der Waals surface area (Å²) < 4.78 is 1.89. The van der Waals surface area contributed by atoms with E-state index in [-0.39, 0.29) is 0 Å². The third kappa shape index (κ3) is 2.18. The fraction of sp³-hybridized carbons (Fsp3) is 0.727. The SMILES string of the molecule is CCc1nn(C)c(CNC2(C)CC2)c1Cl. The molecule has 0 aliphatic heterocycles. The molecule has 0 bridgehead atoms. The van der Waals surface area contributed by atoms with Crippen molar-refractivity contribution in [2.24, 2.45) is 7.05 Å². The van der Waals surface area contributed by atoms with Crippen molar-refractivity contribution in [2.75, 3.05) is 0 Å². The van der Waals surface area contributed by atoms with Crippen LogP contribution in [0.1, 0.15) is 38.1 Å². The second-order valence-electron chi connectivity index (χ2n) is 4.60. The molecule has 0 spiro atoms. The van der Waals surface area contributed by atoms with Crippen LogP contribution in [0.25, 0.3) is 0 Å². The molecular weight excluding hydrogens is 210 g/mol. The van der Waals surface area contributed by atoms with Crippen LogP contribution in [-0.2, 0) is 20.0 Å². The van der Waals surface area contributed by atoms with Gasteiger partial charge in [0.25, 0.3) is 0 Å². The highest BCUT2D eigenvalue weighted by atomic mass is 35.5. The first-order valence-electron chi connectivity index (χ1n) is 5.51. The molecule has 0 amide bonds. The van der Waals surface area contributed by atoms with Crippen molar-refractivity contribution >= 4 is 11.6 Å². The van der Waals surface area contributed by atoms with E-state index in [0.29, 0.717) is 5.54 Å². The maximum Gasteiger partial charge on any atom is 0.0863 e. The van der Waals surface area contributed by atoms with Crippen LogP contribution in [0.15, 0.2) is 0 Å². The summed E-state index contributed by atoms with van der Waals surface area (Å²) in [7, 11) is 1.96. The zero-order chi connectivity index (χ0) is 11.1. The maximum atomic E-state index is 6.26. The van der Waals surface area contributed by atoms with Gasteiger partial charge in [-0.1, -0.05) is 18.5 Å². The molecule has 15 heavy (non-hydrogen) atoms. The van der Waals surface area contributed by atoms with Crippen LogP contribution >= 0.6 is 11.6 Å². The minimum atomic E-state index is 0.347. The summed E-state index contributed by atoms with van der Waals surface area (Å²) in [4.78, 5) is 0. The molecule has 0 atom stereocenters. The smallest absolute Gasteiger partial charge is 0.0863 e. The first-order chi connectivity index (χ1) is 7.06. The van der Waals surface area contributed by atoms with Crippen LogP contribution in [0, 0.1) is 0 Å². The van der Waals surface area contributed by atoms with E-state index in [4.69, 9.17) is 11.6 Å². The van der Waals surface area contributed by atoms with Crippen LogP contribution in [-0.4, -0.2) is 15.3 Å². The third-order valence-electron chi connectivity index (χ3n) is 3.19. The van der Waals surface area contributed by atoms with Crippen LogP contribution in [0.3, 0.4) is 0 Å². The molecule has 1 aromatic rings. The highest BCUT2D eigenvalue weighted by Crippen LogP contribution is 2.35. The Labute approximate surface area is 95.8 Å². The van der Waals surface area contributed by atoms with E-state index in [1.165, 1.54) is 12.8 Å². The predicted octanol–water partition coefficient (Wildman–Crippen LogP) is 2.28. The largest absolute Gasteiger partial charge is 0.306 e. The zero-order valence-electron chi connectivity index (χ0n) is 9.60. The molecule has 1 N–H and O–H groups in total. The van der Waals surface area contributed by atoms with Crippen molar-refractivity contribution in [3.05, 3.63) is 16.4 Å². The molecule has 0 unspecified atom stereocenters. The Hall–Kier alpha value is -0.540. The number of halogens is 1. The Morgan fingerprint density at radius 2 is 2.20 bits per heavy atom. The lowest BCUT2D eigenvalue weighted by molar-refractivity contribution is 0.517. The van der Waals surface area contributed by atoms with Crippen LogP contribution < -0.4 is 5.32 Å². The van der Waals surface area contributed by atoms with E-state index < -0.39 is 0 Å². The number of hydrogen-bond acceptors (Lipinski definition) is 2. The average Bonchev–Trinajstić information content (AvgIpc) is 2.86. The quantitative estimate of drug-likeness (QED) is 0.856. The van der Waals surface area contributed by atoms with Gasteiger partial charge in [-0.15, -0.1) is 0 Å². The highest BCUT2D eigenvalue weighted by molar-refractivity contribution is 6.31. The van der Waals surface area contributed by atoms with Crippen molar-refractivity contribution in [3.63, 3.8) is 0 Å². The normalized spacial score (nSPS) is 18.1. The highest BCUT2D eigenvalue weighted by Gasteiger charge is 2.36. The molecule has 4 heteroatoms. The first-order valence-corrected chi connectivity index (χ1v) is 5.89. The molecule has 1 heterocycles. The van der Waals surface area contributed by atoms with Crippen LogP contribution in [0.2, 0.25) is 5.02 Å². The number of hydrogen-bond donors (Lipinski definition) is 1. The molecule has 1 aliphatic rings. The Bertz CT molecular complexity index is 366. The second kappa shape index (κ2) is 3.80. The Morgan fingerprint density at radius 3 is 2.67 bits per heavy atom. The van der Waals surface area contributed by atoms with E-state index in [1.54, 1.807) is 0 Å². The molecule has 1 fully saturated rings. The van der Waals surface area contributed by atoms with E-state index in [1.807, 2.05) is 11.7 Å². The van der Waals surface area contributed by atoms with Gasteiger partial charge in [-0.25, -0.2) is 0 Å². The van der Waals surface area contributed by atoms with E-state index in [0.717, 1.165) is 29.4 Å². The van der Waals surface area contributed by atoms with E-state index >= 15 is 0 Å². The number of rotatable bonds is 4. The molecule has 2 rings (SSSR count). The summed E-state index contributed by atoms with van der Waals surface area (Å²) in [6, 6.07) is 0. The molecule has 0 radical (unpaired) electrons. The maximum absolute atomic E-state index is 6.26. The molecule has 1 aliphatic carbocycles. The minimum Gasteiger partial charge on any atom is -0.306 e. The zero-order valence-corrected chi connectivity index (χ0v) is 10.4. The van der Waals surface area contributed by atoms with Crippen molar-refractivity contribution in [3.8, 4) is 0 Å². The van der Waals surface area contributed by atoms with Gasteiger partial charge in [0.1, 0.15) is 0 Å². The van der Waals surface area contributed by atoms with Gasteiger partial charge < -0.3 is 5.32 Å². The summed E-state index contributed by atoms with van der Waals surface area (Å²) in [6.07, 6.45) is 3.43. The Morgan fingerprint density at radius 1 is 1.53 bits per heavy atom. The molecule has 1 aromatic heterocycles. The molecule has 3 nitrogen and oxygen atoms in total. The molecule has 84 valence electrons. The average molecular weight is 228 g/mol. The lowest BCUT2D eigenvalue weighted by atomic mass is 10.2. The van der Waals surface area contributed by atoms with E-state index in [9.17, 15) is 0 Å². The number of nitrogens with one attached hydrogen (secondary N) is 1. The van der Waals surface area contributed by atoms with Gasteiger partial charge >= 0.3 is 0 Å². The number of nitrogens with zero attached hydrogens (tertiary/aromatic N) is 2. The first kappa shape index (κ1) is 11.0. The lowest BCUT2D eigenvalue weighted by Gasteiger charge is -2.11. The minimum absolute atomic E-state index is 0.347. The van der Waals surface area contributed by atoms with Crippen molar-refractivity contribution < 1.29 is 0 Å². The van der Waals surface area contributed by atoms with E-state index in [2.05, 4.69) is 24.3 Å². The van der Waals surface area contributed by atoms with Gasteiger partial charge in [-0.2, -0.15) is 5.10 Å². The topological polar surface area (TPSA) is 29.9 Å². The lowest BCUT2D eigenvalue weighted by Crippen LogP contribution is -2.28. The fourth-order valence-electron chi connectivity index (χ4n) is 1.67. The Kier molecular flexibility index (Phi) is 2.77. The van der Waals surface area contributed by atoms with Gasteiger partial charge in [-0.3, -0.25) is 4.68 Å². The fourth-order valence-corrected chi connectivity index (χ4v) is 2.03. The number of aryl methyl sites for hydroxylation is 2. The summed E-state index contributed by atoms with van der Waals surface area (Å²) >= 11 is 6.26. The second-order valence-corrected chi connectivity index (χ2v) is 4.98. The van der Waals surface area contributed by atoms with Gasteiger partial charge in [0, 0.05) is 19.1 Å². The van der Waals surface area contributed by atoms with Crippen molar-refractivity contribution in [1.29, 1.82) is 0 Å². The molecule has 0 aromatic carbocycles. The van der Waals surface area contributed by atoms with Gasteiger partial charge in [-0.05, 0) is 26.2 Å². The standard InChI is InChI=1S/C11H18ClN3/c1-4-8-10(12)9(15(3)14-8)7-13-11(2)5-6-11/h13H,4-7H2,1-3H3. The van der Waals surface area contributed by atoms with Gasteiger partial charge in [0.05, 0.1) is 16.4 Å². The monoisotopic (exact) mass is 227 g/mol. The molecule has 1 saturated carbocycles. The molecule has 0 saturated heterocycles. The predicted molar refractivity (Wildman–Crippen MR) is 62.1 cm³/mol. The summed E-state index contributed by atoms with van der Waals surface area (Å²) in [6.45, 7) is 5.14. The van der Waals surface area contributed by atoms with Crippen LogP contribution in [0.4, 0.5) is 0 Å². The van der Waals surface area contributed by atoms with Gasteiger partial charge in [0.2, 0.25) is 0 Å². The summed E-state index contributed by atoms with van der Waals surface area (Å²) in [5, 5.41) is 8.75. The van der Waals surface area contributed by atoms with Gasteiger partial charge in [0.15, 0.2) is 0 Å². The summed E-state index contributed by atoms with van der Waals surface area (Å²) in [5.41, 5.74) is 2.44. The molecular formula is C11H18ClN3.